The highest BCUT2D eigenvalue weighted by molar-refractivity contribution is 6.00. The van der Waals surface area contributed by atoms with E-state index in [1.807, 2.05) is 55.4 Å². The van der Waals surface area contributed by atoms with Crippen LogP contribution in [0.2, 0.25) is 0 Å². The zero-order valence-electron chi connectivity index (χ0n) is 62.5. The van der Waals surface area contributed by atoms with E-state index < -0.39 is 174 Å². The monoisotopic (exact) mass is 1360 g/mol. The van der Waals surface area contributed by atoms with E-state index in [-0.39, 0.29) is 66.9 Å². The van der Waals surface area contributed by atoms with Gasteiger partial charge >= 0.3 is 5.97 Å². The second-order valence-electron chi connectivity index (χ2n) is 29.1. The largest absolute Gasteiger partial charge is 0.465 e. The molecule has 2 fully saturated rings. The first-order chi connectivity index (χ1) is 45.0. The molecule has 26 heteroatoms. The van der Waals surface area contributed by atoms with E-state index in [4.69, 9.17) is 9.47 Å². The maximum atomic E-state index is 16.3. The molecular formula is C71H117N11O15. The van der Waals surface area contributed by atoms with Crippen LogP contribution in [0.25, 0.3) is 0 Å². The summed E-state index contributed by atoms with van der Waals surface area (Å²) in [6, 6.07) is -7.37. The Balaban J connectivity index is 2.49. The molecule has 2 aliphatic rings. The van der Waals surface area contributed by atoms with Gasteiger partial charge in [-0.25, -0.2) is 4.79 Å². The third-order valence-corrected chi connectivity index (χ3v) is 18.5. The smallest absolute Gasteiger partial charge is 0.337 e. The van der Waals surface area contributed by atoms with Gasteiger partial charge in [-0.1, -0.05) is 114 Å². The van der Waals surface area contributed by atoms with Crippen molar-refractivity contribution >= 4 is 70.9 Å². The van der Waals surface area contributed by atoms with E-state index in [9.17, 15) is 38.7 Å². The zero-order chi connectivity index (χ0) is 74.3. The lowest BCUT2D eigenvalue weighted by atomic mass is 9.90. The van der Waals surface area contributed by atoms with Crippen LogP contribution in [0.5, 0.6) is 0 Å². The van der Waals surface area contributed by atoms with E-state index in [1.165, 1.54) is 119 Å². The van der Waals surface area contributed by atoms with Crippen molar-refractivity contribution in [3.63, 3.8) is 0 Å². The molecule has 1 aromatic rings. The molecule has 4 N–H and O–H groups in total. The molecule has 11 amide bonds. The second kappa shape index (κ2) is 36.9. The first-order valence-electron chi connectivity index (χ1n) is 34.2. The summed E-state index contributed by atoms with van der Waals surface area (Å²) in [5, 5.41) is 21.0. The minimum absolute atomic E-state index is 0.0966. The van der Waals surface area contributed by atoms with E-state index in [2.05, 4.69) is 16.0 Å². The molecule has 0 saturated carbocycles. The molecule has 0 bridgehead atoms. The van der Waals surface area contributed by atoms with Gasteiger partial charge in [0.05, 0.1) is 31.4 Å². The molecule has 97 heavy (non-hydrogen) atoms. The Labute approximate surface area is 576 Å². The number of amides is 11. The minimum Gasteiger partial charge on any atom is -0.465 e. The number of aliphatic hydroxyl groups is 1. The predicted octanol–water partition coefficient (Wildman–Crippen LogP) is 4.48. The molecule has 0 radical (unpaired) electrons. The fourth-order valence-corrected chi connectivity index (χ4v) is 12.6. The van der Waals surface area contributed by atoms with Crippen LogP contribution >= 0.6 is 0 Å². The Hall–Kier alpha value is -7.48. The molecule has 0 aliphatic carbocycles. The third kappa shape index (κ3) is 21.3. The number of allylic oxidation sites excluding steroid dienone is 2. The number of rotatable bonds is 16. The van der Waals surface area contributed by atoms with Gasteiger partial charge in [-0.3, -0.25) is 57.6 Å². The van der Waals surface area contributed by atoms with Gasteiger partial charge in [-0.15, -0.1) is 0 Å². The van der Waals surface area contributed by atoms with Crippen LogP contribution in [-0.2, 0) is 62.2 Å². The van der Waals surface area contributed by atoms with Crippen LogP contribution in [0.4, 0.5) is 0 Å². The molecule has 1 aromatic carbocycles. The van der Waals surface area contributed by atoms with Gasteiger partial charge in [0, 0.05) is 54.9 Å². The standard InChI is InChI=1S/C71H117N11O15/c1-26-27-28-44(14)59(84)58-69(94)82-57(47(17)97-70(82)48-29-31-49(32-30-48)71(95)96-25)67(92)75(18)37-54(83)76(19)50(33-38(2)3)62(87)74-55(42(10)11)66(91)77(20)51(34-39(4)5)61(86)72-45(15)60(85)73-46(16)63(88)78(21)52(35-40(6)7)64(89)79(22)53(36-41(8)9)65(90)80(23)56(43(12)13)68(93)81(58)24/h26-27,29-32,38-47,50-53,55-59,70,84H,28,33-37H2,1-25H3,(H,72,86)(H,73,85)(H,74,87)/b27-26+/t44?,45-,46-,47?,50-,51-,52-,53-,55-,56-,57-,58+,59?,70?/m0/s1. The van der Waals surface area contributed by atoms with Crippen LogP contribution < -0.4 is 16.0 Å². The number of aliphatic hydroxyl groups excluding tert-OH is 1. The first-order valence-corrected chi connectivity index (χ1v) is 34.2. The number of nitrogens with one attached hydrogen (secondary N) is 3. The van der Waals surface area contributed by atoms with Crippen molar-refractivity contribution in [3.05, 3.63) is 47.5 Å². The molecule has 2 aliphatic heterocycles. The lowest BCUT2D eigenvalue weighted by molar-refractivity contribution is -0.162. The maximum absolute atomic E-state index is 16.3. The Bertz CT molecular complexity index is 2950. The maximum Gasteiger partial charge on any atom is 0.337 e. The summed E-state index contributed by atoms with van der Waals surface area (Å²) in [7, 11) is 11.0. The third-order valence-electron chi connectivity index (χ3n) is 18.5. The van der Waals surface area contributed by atoms with Crippen LogP contribution in [0, 0.1) is 41.4 Å². The quantitative estimate of drug-likeness (QED) is 0.131. The lowest BCUT2D eigenvalue weighted by Crippen LogP contribution is -2.64. The Morgan fingerprint density at radius 2 is 0.979 bits per heavy atom. The van der Waals surface area contributed by atoms with Crippen molar-refractivity contribution in [2.24, 2.45) is 41.4 Å². The highest BCUT2D eigenvalue weighted by atomic mass is 16.5. The van der Waals surface area contributed by atoms with E-state index in [0.29, 0.717) is 0 Å². The summed E-state index contributed by atoms with van der Waals surface area (Å²) in [4.78, 5) is 187. The van der Waals surface area contributed by atoms with Gasteiger partial charge in [0.15, 0.2) is 6.23 Å². The molecule has 2 heterocycles. The molecule has 3 rings (SSSR count). The number of benzene rings is 1. The van der Waals surface area contributed by atoms with Crippen molar-refractivity contribution in [3.8, 4) is 0 Å². The molecule has 26 nitrogen and oxygen atoms in total. The molecule has 14 atom stereocenters. The SMILES string of the molecule is C/C=C/CC(C)C(O)[C@@H]1C(=O)N2C(c3ccc(C(=O)OC)cc3)OC(C)[C@H]2C(=O)N(C)CC(=O)N(C)[C@@H](CC(C)C)C(=O)N[C@@H](C(C)C)C(=O)N(C)[C@@H](CC(C)C)C(=O)N[C@@H](C)C(=O)N[C@@H](C)C(=O)N(C)[C@@H](CC(C)C)C(=O)N(C)[C@@H](CC(C)C)C(=O)N(C)[C@@H](C(C)C)C(=O)N1C. The van der Waals surface area contributed by atoms with Gasteiger partial charge in [-0.05, 0) is 113 Å². The summed E-state index contributed by atoms with van der Waals surface area (Å²) in [5.74, 6) is -11.4. The number of fused-ring (bicyclic) bond motifs is 1. The number of ether oxygens (including phenoxy) is 2. The van der Waals surface area contributed by atoms with Crippen molar-refractivity contribution in [2.45, 2.75) is 229 Å². The van der Waals surface area contributed by atoms with Gasteiger partial charge in [-0.2, -0.15) is 0 Å². The topological polar surface area (TPSA) is 306 Å². The summed E-state index contributed by atoms with van der Waals surface area (Å²) < 4.78 is 11.5. The summed E-state index contributed by atoms with van der Waals surface area (Å²) >= 11 is 0. The number of hydrogen-bond donors (Lipinski definition) is 4. The molecule has 4 unspecified atom stereocenters. The van der Waals surface area contributed by atoms with Crippen molar-refractivity contribution < 1.29 is 72.1 Å². The van der Waals surface area contributed by atoms with Crippen molar-refractivity contribution in [1.29, 1.82) is 0 Å². The van der Waals surface area contributed by atoms with Crippen LogP contribution in [0.15, 0.2) is 36.4 Å². The highest BCUT2D eigenvalue weighted by Gasteiger charge is 2.54. The number of carbonyl (C=O) groups is 12. The average Bonchev–Trinajstić information content (AvgIpc) is 1.66. The van der Waals surface area contributed by atoms with Gasteiger partial charge in [0.1, 0.15) is 60.4 Å². The number of nitrogens with zero attached hydrogens (tertiary/aromatic N) is 8. The van der Waals surface area contributed by atoms with Gasteiger partial charge in [0.25, 0.3) is 5.91 Å². The summed E-state index contributed by atoms with van der Waals surface area (Å²) in [6.45, 7) is 28.9. The molecular weight excluding hydrogens is 1250 g/mol. The van der Waals surface area contributed by atoms with E-state index >= 15 is 24.0 Å². The number of esters is 1. The lowest BCUT2D eigenvalue weighted by Gasteiger charge is -2.43. The number of likely N-dealkylation sites (N-methyl/N-ethyl adjacent to an activating group) is 7. The first kappa shape index (κ1) is 83.7. The fraction of sp³-hybridized carbons (Fsp3) is 0.718. The van der Waals surface area contributed by atoms with Crippen molar-refractivity contribution in [1.82, 2.24) is 55.1 Å². The Kier molecular flexibility index (Phi) is 31.9. The normalized spacial score (nSPS) is 27.2. The van der Waals surface area contributed by atoms with Gasteiger partial charge < -0.3 is 64.8 Å². The van der Waals surface area contributed by atoms with Crippen LogP contribution in [0.1, 0.15) is 172 Å². The molecule has 0 aromatic heterocycles. The summed E-state index contributed by atoms with van der Waals surface area (Å²) in [5.41, 5.74) is 0.427. The molecule has 546 valence electrons. The average molecular weight is 1360 g/mol. The predicted molar refractivity (Wildman–Crippen MR) is 368 cm³/mol. The number of methoxy groups -OCH3 is 1. The van der Waals surface area contributed by atoms with Crippen molar-refractivity contribution in [2.75, 3.05) is 63.0 Å². The Morgan fingerprint density at radius 1 is 0.536 bits per heavy atom. The zero-order valence-corrected chi connectivity index (χ0v) is 62.5. The summed E-state index contributed by atoms with van der Waals surface area (Å²) in [6.07, 6.45) is -0.00162. The number of hydrogen-bond acceptors (Lipinski definition) is 15. The fourth-order valence-electron chi connectivity index (χ4n) is 12.6. The molecule has 0 spiro atoms. The van der Waals surface area contributed by atoms with E-state index in [1.54, 1.807) is 60.6 Å². The Morgan fingerprint density at radius 3 is 1.45 bits per heavy atom. The number of carbonyl (C=O) groups excluding carboxylic acids is 12. The second-order valence-corrected chi connectivity index (χ2v) is 29.1. The van der Waals surface area contributed by atoms with E-state index in [0.717, 1.165) is 14.7 Å². The minimum atomic E-state index is -1.81. The van der Waals surface area contributed by atoms with Gasteiger partial charge in [0.2, 0.25) is 59.1 Å². The van der Waals surface area contributed by atoms with Crippen LogP contribution in [0.3, 0.4) is 0 Å². The highest BCUT2D eigenvalue weighted by Crippen LogP contribution is 2.38. The van der Waals surface area contributed by atoms with Crippen LogP contribution in [-0.4, -0.2) is 251 Å². The molecule has 2 saturated heterocycles.